The van der Waals surface area contributed by atoms with Gasteiger partial charge in [-0.25, -0.2) is 8.42 Å². The Hall–Kier alpha value is -4.16. The molecule has 53 heavy (non-hydrogen) atoms. The van der Waals surface area contributed by atoms with Gasteiger partial charge in [0.05, 0.1) is 42.0 Å². The smallest absolute Gasteiger partial charge is 0.265 e. The van der Waals surface area contributed by atoms with Crippen molar-refractivity contribution in [2.75, 3.05) is 32.2 Å². The van der Waals surface area contributed by atoms with Crippen LogP contribution in [0.3, 0.4) is 0 Å². The molecule has 0 bridgehead atoms. The van der Waals surface area contributed by atoms with E-state index >= 15 is 0 Å². The molecule has 1 atom stereocenters. The van der Waals surface area contributed by atoms with Crippen LogP contribution in [0.5, 0.6) is 17.2 Å². The highest BCUT2D eigenvalue weighted by molar-refractivity contribution is 7.92. The van der Waals surface area contributed by atoms with Gasteiger partial charge in [0.1, 0.15) is 18.3 Å². The third kappa shape index (κ3) is 9.89. The summed E-state index contributed by atoms with van der Waals surface area (Å²) in [6.45, 7) is -0.807. The second kappa shape index (κ2) is 18.2. The van der Waals surface area contributed by atoms with Gasteiger partial charge in [-0.1, -0.05) is 90.5 Å². The van der Waals surface area contributed by atoms with E-state index in [9.17, 15) is 18.0 Å². The molecular formula is C39H42Cl3N3O7S. The summed E-state index contributed by atoms with van der Waals surface area (Å²) >= 11 is 19.1. The van der Waals surface area contributed by atoms with Crippen molar-refractivity contribution in [1.82, 2.24) is 10.2 Å². The van der Waals surface area contributed by atoms with Crippen LogP contribution in [-0.2, 0) is 32.6 Å². The van der Waals surface area contributed by atoms with Gasteiger partial charge in [-0.05, 0) is 66.4 Å². The zero-order valence-electron chi connectivity index (χ0n) is 29.7. The molecule has 2 amide bonds. The van der Waals surface area contributed by atoms with Crippen molar-refractivity contribution in [3.8, 4) is 17.2 Å². The minimum Gasteiger partial charge on any atom is -0.495 e. The first kappa shape index (κ1) is 40.0. The summed E-state index contributed by atoms with van der Waals surface area (Å²) in [6.07, 6.45) is 4.90. The lowest BCUT2D eigenvalue weighted by Gasteiger charge is -2.35. The molecule has 0 spiro atoms. The molecule has 282 valence electrons. The summed E-state index contributed by atoms with van der Waals surface area (Å²) in [6, 6.07) is 21.8. The SMILES string of the molecule is COc1ccc(S(=O)(=O)N(CC(=O)N(Cc2ccc(Cl)c(Cl)c2)[C@H](Cc2ccccc2)C(=O)NC2CCCCC2)c2cc(Cl)ccc2OC)cc1OC. The van der Waals surface area contributed by atoms with E-state index in [4.69, 9.17) is 49.0 Å². The number of methoxy groups -OCH3 is 3. The predicted octanol–water partition coefficient (Wildman–Crippen LogP) is 7.96. The summed E-state index contributed by atoms with van der Waals surface area (Å²) in [5.74, 6) is -0.375. The predicted molar refractivity (Wildman–Crippen MR) is 208 cm³/mol. The third-order valence-electron chi connectivity index (χ3n) is 9.19. The molecule has 14 heteroatoms. The monoisotopic (exact) mass is 801 g/mol. The van der Waals surface area contributed by atoms with Gasteiger partial charge in [0, 0.05) is 30.1 Å². The summed E-state index contributed by atoms with van der Waals surface area (Å²) in [4.78, 5) is 30.6. The average molecular weight is 803 g/mol. The molecule has 0 aliphatic heterocycles. The highest BCUT2D eigenvalue weighted by Gasteiger charge is 2.37. The molecule has 1 saturated carbocycles. The molecule has 0 saturated heterocycles. The number of carbonyl (C=O) groups excluding carboxylic acids is 2. The van der Waals surface area contributed by atoms with Crippen molar-refractivity contribution in [2.45, 2.75) is 62.0 Å². The molecule has 4 aromatic rings. The quantitative estimate of drug-likeness (QED) is 0.130. The summed E-state index contributed by atoms with van der Waals surface area (Å²) < 4.78 is 46.6. The second-order valence-corrected chi connectivity index (χ2v) is 15.8. The van der Waals surface area contributed by atoms with Crippen LogP contribution in [0.15, 0.2) is 89.8 Å². The Morgan fingerprint density at radius 1 is 0.774 bits per heavy atom. The van der Waals surface area contributed by atoms with Gasteiger partial charge < -0.3 is 24.4 Å². The first-order valence-electron chi connectivity index (χ1n) is 17.1. The maximum absolute atomic E-state index is 15.0. The molecule has 10 nitrogen and oxygen atoms in total. The fourth-order valence-electron chi connectivity index (χ4n) is 6.41. The lowest BCUT2D eigenvalue weighted by molar-refractivity contribution is -0.140. The number of ether oxygens (including phenoxy) is 3. The van der Waals surface area contributed by atoms with Gasteiger partial charge in [0.25, 0.3) is 10.0 Å². The van der Waals surface area contributed by atoms with E-state index < -0.39 is 28.5 Å². The van der Waals surface area contributed by atoms with Crippen LogP contribution in [0.25, 0.3) is 0 Å². The molecule has 1 N–H and O–H groups in total. The minimum absolute atomic E-state index is 0.0175. The van der Waals surface area contributed by atoms with E-state index in [1.807, 2.05) is 30.3 Å². The molecule has 0 unspecified atom stereocenters. The highest BCUT2D eigenvalue weighted by atomic mass is 35.5. The molecule has 4 aromatic carbocycles. The first-order valence-corrected chi connectivity index (χ1v) is 19.7. The normalized spacial score (nSPS) is 13.8. The van der Waals surface area contributed by atoms with Crippen molar-refractivity contribution in [3.05, 3.63) is 111 Å². The van der Waals surface area contributed by atoms with Crippen molar-refractivity contribution in [1.29, 1.82) is 0 Å². The molecule has 1 fully saturated rings. The fourth-order valence-corrected chi connectivity index (χ4v) is 8.33. The standard InChI is InChI=1S/C39H42Cl3N3O7S/c1-50-35-18-15-28(40)22-33(35)45(53(48,49)30-16-19-36(51-2)37(23-30)52-3)25-38(46)44(24-27-14-17-31(41)32(42)20-27)34(21-26-10-6-4-7-11-26)39(47)43-29-12-8-5-9-13-29/h4,6-7,10-11,14-20,22-23,29,34H,5,8-9,12-13,21,24-25H2,1-3H3,(H,43,47)/t34-/m1/s1. The Morgan fingerprint density at radius 2 is 1.45 bits per heavy atom. The Labute approximate surface area is 325 Å². The summed E-state index contributed by atoms with van der Waals surface area (Å²) in [7, 11) is -0.315. The minimum atomic E-state index is -4.53. The van der Waals surface area contributed by atoms with Gasteiger partial charge in [0.2, 0.25) is 11.8 Å². The number of nitrogens with one attached hydrogen (secondary N) is 1. The number of carbonyl (C=O) groups is 2. The number of rotatable bonds is 15. The average Bonchev–Trinajstić information content (AvgIpc) is 3.16. The van der Waals surface area contributed by atoms with Crippen LogP contribution in [0.1, 0.15) is 43.2 Å². The van der Waals surface area contributed by atoms with Crippen molar-refractivity contribution in [3.63, 3.8) is 0 Å². The maximum atomic E-state index is 15.0. The number of nitrogens with zero attached hydrogens (tertiary/aromatic N) is 2. The lowest BCUT2D eigenvalue weighted by atomic mass is 9.94. The number of amides is 2. The number of sulfonamides is 1. The van der Waals surface area contributed by atoms with Gasteiger partial charge in [-0.2, -0.15) is 0 Å². The number of hydrogen-bond donors (Lipinski definition) is 1. The molecule has 1 aliphatic carbocycles. The van der Waals surface area contributed by atoms with E-state index in [0.717, 1.165) is 42.0 Å². The van der Waals surface area contributed by atoms with Crippen LogP contribution in [0, 0.1) is 0 Å². The van der Waals surface area contributed by atoms with E-state index in [2.05, 4.69) is 5.32 Å². The maximum Gasteiger partial charge on any atom is 0.265 e. The first-order chi connectivity index (χ1) is 25.4. The van der Waals surface area contributed by atoms with E-state index in [0.29, 0.717) is 16.3 Å². The van der Waals surface area contributed by atoms with Gasteiger partial charge >= 0.3 is 0 Å². The van der Waals surface area contributed by atoms with Gasteiger partial charge in [-0.15, -0.1) is 0 Å². The Bertz CT molecular complexity index is 2010. The molecular weight excluding hydrogens is 761 g/mol. The largest absolute Gasteiger partial charge is 0.495 e. The van der Waals surface area contributed by atoms with E-state index in [1.165, 1.54) is 56.6 Å². The number of anilines is 1. The second-order valence-electron chi connectivity index (χ2n) is 12.7. The van der Waals surface area contributed by atoms with E-state index in [1.54, 1.807) is 24.3 Å². The zero-order chi connectivity index (χ0) is 38.1. The Kier molecular flexibility index (Phi) is 13.8. The van der Waals surface area contributed by atoms with Crippen LogP contribution in [0.4, 0.5) is 5.69 Å². The van der Waals surface area contributed by atoms with Crippen LogP contribution in [0.2, 0.25) is 15.1 Å². The van der Waals surface area contributed by atoms with Gasteiger partial charge in [-0.3, -0.25) is 13.9 Å². The summed E-state index contributed by atoms with van der Waals surface area (Å²) in [5, 5.41) is 4.00. The Balaban J connectivity index is 1.64. The molecule has 5 rings (SSSR count). The highest BCUT2D eigenvalue weighted by Crippen LogP contribution is 2.37. The number of hydrogen-bond acceptors (Lipinski definition) is 7. The van der Waals surface area contributed by atoms with Crippen molar-refractivity contribution < 1.29 is 32.2 Å². The van der Waals surface area contributed by atoms with Crippen LogP contribution >= 0.6 is 34.8 Å². The summed E-state index contributed by atoms with van der Waals surface area (Å²) in [5.41, 5.74) is 1.42. The fraction of sp³-hybridized carbons (Fsp3) is 0.333. The molecule has 0 heterocycles. The van der Waals surface area contributed by atoms with Crippen molar-refractivity contribution >= 4 is 62.3 Å². The van der Waals surface area contributed by atoms with Gasteiger partial charge in [0.15, 0.2) is 11.5 Å². The zero-order valence-corrected chi connectivity index (χ0v) is 32.8. The van der Waals surface area contributed by atoms with Crippen LogP contribution in [-0.4, -0.2) is 65.1 Å². The van der Waals surface area contributed by atoms with E-state index in [-0.39, 0.29) is 57.0 Å². The topological polar surface area (TPSA) is 114 Å². The molecule has 0 aromatic heterocycles. The Morgan fingerprint density at radius 3 is 2.11 bits per heavy atom. The third-order valence-corrected chi connectivity index (χ3v) is 11.9. The molecule has 1 aliphatic rings. The van der Waals surface area contributed by atoms with Crippen LogP contribution < -0.4 is 23.8 Å². The van der Waals surface area contributed by atoms with Crippen molar-refractivity contribution in [2.24, 2.45) is 0 Å². The number of halogens is 3. The number of benzene rings is 4. The lowest BCUT2D eigenvalue weighted by Crippen LogP contribution is -2.55. The molecule has 0 radical (unpaired) electrons.